The molecule has 0 aliphatic carbocycles. The third-order valence-corrected chi connectivity index (χ3v) is 7.94. The highest BCUT2D eigenvalue weighted by Gasteiger charge is 2.45. The Morgan fingerprint density at radius 3 is 2.61 bits per heavy atom. The van der Waals surface area contributed by atoms with Crippen LogP contribution < -0.4 is 15.5 Å². The summed E-state index contributed by atoms with van der Waals surface area (Å²) in [6.07, 6.45) is 1.76. The smallest absolute Gasteiger partial charge is 0.276 e. The Morgan fingerprint density at radius 2 is 1.90 bits per heavy atom. The highest BCUT2D eigenvalue weighted by atomic mass is 32.2. The molecule has 0 spiro atoms. The summed E-state index contributed by atoms with van der Waals surface area (Å²) in [5.74, 6) is -3.53. The van der Waals surface area contributed by atoms with Crippen LogP contribution in [-0.4, -0.2) is 60.6 Å². The van der Waals surface area contributed by atoms with E-state index in [0.717, 1.165) is 12.3 Å². The van der Waals surface area contributed by atoms with Gasteiger partial charge in [-0.25, -0.2) is 17.2 Å². The number of nitrogens with one attached hydrogen (secondary N) is 1. The van der Waals surface area contributed by atoms with E-state index in [9.17, 15) is 31.6 Å². The van der Waals surface area contributed by atoms with Crippen molar-refractivity contribution in [2.45, 2.75) is 38.4 Å². The number of hydrogen-bond donors (Lipinski definition) is 1. The standard InChI is InChI=1S/C28H27F2N3O7S/c1-41(37,38)10-9-20-16-39-23-14-32-13-21(27(35)31-12-18-7-8-19(29)11-22(18)30)25(34)26(24(32)28(36)33(20)23)40-15-17-5-3-2-4-6-17/h2-8,11,13,20,23H,9-10,12,14-16H2,1H3,(H,31,35)/t20-,23+/m0/s1. The van der Waals surface area contributed by atoms with Crippen molar-refractivity contribution < 1.29 is 36.3 Å². The van der Waals surface area contributed by atoms with Gasteiger partial charge in [-0.15, -0.1) is 0 Å². The average Bonchev–Trinajstić information content (AvgIpc) is 3.34. The van der Waals surface area contributed by atoms with Crippen molar-refractivity contribution in [1.29, 1.82) is 0 Å². The summed E-state index contributed by atoms with van der Waals surface area (Å²) in [7, 11) is -3.29. The molecule has 10 nitrogen and oxygen atoms in total. The van der Waals surface area contributed by atoms with Gasteiger partial charge in [-0.2, -0.15) is 0 Å². The van der Waals surface area contributed by atoms with E-state index in [0.29, 0.717) is 11.6 Å². The summed E-state index contributed by atoms with van der Waals surface area (Å²) < 4.78 is 63.9. The molecule has 0 unspecified atom stereocenters. The molecule has 13 heteroatoms. The van der Waals surface area contributed by atoms with Gasteiger partial charge in [-0.3, -0.25) is 14.4 Å². The summed E-state index contributed by atoms with van der Waals surface area (Å²) in [5.41, 5.74) is -0.540. The van der Waals surface area contributed by atoms with Gasteiger partial charge in [0, 0.05) is 30.6 Å². The van der Waals surface area contributed by atoms with Crippen molar-refractivity contribution in [3.63, 3.8) is 0 Å². The molecule has 1 N–H and O–H groups in total. The maximum absolute atomic E-state index is 14.1. The number of ether oxygens (including phenoxy) is 2. The molecule has 41 heavy (non-hydrogen) atoms. The Kier molecular flexibility index (Phi) is 7.91. The number of aromatic nitrogens is 1. The predicted octanol–water partition coefficient (Wildman–Crippen LogP) is 2.25. The molecule has 216 valence electrons. The number of rotatable bonds is 9. The van der Waals surface area contributed by atoms with Crippen molar-refractivity contribution in [2.24, 2.45) is 0 Å². The van der Waals surface area contributed by atoms with Crippen LogP contribution in [0.15, 0.2) is 59.5 Å². The van der Waals surface area contributed by atoms with Gasteiger partial charge in [0.1, 0.15) is 33.6 Å². The van der Waals surface area contributed by atoms with Gasteiger partial charge >= 0.3 is 0 Å². The first-order valence-electron chi connectivity index (χ1n) is 12.8. The van der Waals surface area contributed by atoms with E-state index < -0.39 is 51.0 Å². The van der Waals surface area contributed by atoms with Gasteiger partial charge in [-0.1, -0.05) is 36.4 Å². The van der Waals surface area contributed by atoms with Crippen LogP contribution >= 0.6 is 0 Å². The van der Waals surface area contributed by atoms with Crippen molar-refractivity contribution in [3.05, 3.63) is 99.0 Å². The summed E-state index contributed by atoms with van der Waals surface area (Å²) in [6.45, 7) is -0.209. The molecule has 2 aromatic carbocycles. The van der Waals surface area contributed by atoms with Gasteiger partial charge in [0.15, 0.2) is 17.7 Å². The van der Waals surface area contributed by atoms with Crippen LogP contribution in [0.2, 0.25) is 0 Å². The van der Waals surface area contributed by atoms with Gasteiger partial charge in [0.05, 0.1) is 24.9 Å². The van der Waals surface area contributed by atoms with E-state index >= 15 is 0 Å². The van der Waals surface area contributed by atoms with E-state index in [1.165, 1.54) is 21.7 Å². The van der Waals surface area contributed by atoms with Crippen LogP contribution in [-0.2, 0) is 34.3 Å². The largest absolute Gasteiger partial charge is 0.483 e. The van der Waals surface area contributed by atoms with Crippen LogP contribution in [0.1, 0.15) is 38.4 Å². The molecule has 0 saturated carbocycles. The lowest BCUT2D eigenvalue weighted by atomic mass is 10.1. The van der Waals surface area contributed by atoms with Gasteiger partial charge in [0.2, 0.25) is 5.43 Å². The first-order chi connectivity index (χ1) is 19.5. The van der Waals surface area contributed by atoms with Gasteiger partial charge in [0.25, 0.3) is 11.8 Å². The average molecular weight is 588 g/mol. The van der Waals surface area contributed by atoms with Crippen LogP contribution in [0.3, 0.4) is 0 Å². The minimum atomic E-state index is -3.29. The number of benzene rings is 2. The fourth-order valence-electron chi connectivity index (χ4n) is 4.88. The zero-order valence-electron chi connectivity index (χ0n) is 22.0. The number of nitrogens with zero attached hydrogens (tertiary/aromatic N) is 2. The molecule has 1 aromatic heterocycles. The monoisotopic (exact) mass is 587 g/mol. The number of hydrogen-bond acceptors (Lipinski definition) is 7. The molecule has 5 rings (SSSR count). The summed E-state index contributed by atoms with van der Waals surface area (Å²) in [5, 5.41) is 2.47. The molecule has 2 atom stereocenters. The summed E-state index contributed by atoms with van der Waals surface area (Å²) in [6, 6.07) is 11.3. The topological polar surface area (TPSA) is 124 Å². The second kappa shape index (κ2) is 11.4. The number of amides is 2. The molecule has 1 fully saturated rings. The Balaban J connectivity index is 1.48. The molecule has 2 aliphatic heterocycles. The summed E-state index contributed by atoms with van der Waals surface area (Å²) >= 11 is 0. The second-order valence-corrected chi connectivity index (χ2v) is 12.2. The molecular formula is C28H27F2N3O7S. The van der Waals surface area contributed by atoms with Crippen LogP contribution in [0.5, 0.6) is 5.75 Å². The normalized spacial score (nSPS) is 18.1. The van der Waals surface area contributed by atoms with E-state index in [1.54, 1.807) is 24.3 Å². The number of halogens is 2. The fourth-order valence-corrected chi connectivity index (χ4v) is 5.58. The Morgan fingerprint density at radius 1 is 1.15 bits per heavy atom. The molecule has 2 amide bonds. The maximum Gasteiger partial charge on any atom is 0.276 e. The molecule has 0 radical (unpaired) electrons. The minimum absolute atomic E-state index is 0.0173. The molecule has 1 saturated heterocycles. The third-order valence-electron chi connectivity index (χ3n) is 6.96. The SMILES string of the molecule is CS(=O)(=O)CC[C@H]1CO[C@@H]2Cn3cc(C(=O)NCc4ccc(F)cc4F)c(=O)c(OCc4ccccc4)c3C(=O)N12. The zero-order valence-corrected chi connectivity index (χ0v) is 22.8. The number of pyridine rings is 1. The highest BCUT2D eigenvalue weighted by Crippen LogP contribution is 2.32. The quantitative estimate of drug-likeness (QED) is 0.407. The summed E-state index contributed by atoms with van der Waals surface area (Å²) in [4.78, 5) is 41.9. The predicted molar refractivity (Wildman–Crippen MR) is 143 cm³/mol. The number of carbonyl (C=O) groups is 2. The zero-order chi connectivity index (χ0) is 29.3. The van der Waals surface area contributed by atoms with Gasteiger partial charge < -0.3 is 24.3 Å². The second-order valence-electron chi connectivity index (χ2n) is 9.97. The van der Waals surface area contributed by atoms with Crippen LogP contribution in [0, 0.1) is 11.6 Å². The molecule has 3 aromatic rings. The van der Waals surface area contributed by atoms with Crippen molar-refractivity contribution in [2.75, 3.05) is 18.6 Å². The highest BCUT2D eigenvalue weighted by molar-refractivity contribution is 7.90. The Labute approximate surface area is 234 Å². The van der Waals surface area contributed by atoms with Gasteiger partial charge in [-0.05, 0) is 18.1 Å². The molecule has 3 heterocycles. The van der Waals surface area contributed by atoms with E-state index in [2.05, 4.69) is 5.32 Å². The van der Waals surface area contributed by atoms with Crippen LogP contribution in [0.25, 0.3) is 0 Å². The van der Waals surface area contributed by atoms with Crippen molar-refractivity contribution in [1.82, 2.24) is 14.8 Å². The minimum Gasteiger partial charge on any atom is -0.483 e. The first kappa shape index (κ1) is 28.4. The number of sulfone groups is 1. The lowest BCUT2D eigenvalue weighted by Gasteiger charge is -2.35. The fraction of sp³-hybridized carbons (Fsp3) is 0.321. The molecule has 2 aliphatic rings. The van der Waals surface area contributed by atoms with Crippen molar-refractivity contribution >= 4 is 21.7 Å². The van der Waals surface area contributed by atoms with E-state index in [1.807, 2.05) is 6.07 Å². The number of carbonyl (C=O) groups excluding carboxylic acids is 2. The van der Waals surface area contributed by atoms with Crippen LogP contribution in [0.4, 0.5) is 8.78 Å². The third kappa shape index (κ3) is 6.15. The lowest BCUT2D eigenvalue weighted by Crippen LogP contribution is -2.50. The maximum atomic E-state index is 14.1. The van der Waals surface area contributed by atoms with E-state index in [4.69, 9.17) is 9.47 Å². The Hall–Kier alpha value is -4.10. The van der Waals surface area contributed by atoms with E-state index in [-0.39, 0.29) is 61.0 Å². The molecule has 0 bridgehead atoms. The van der Waals surface area contributed by atoms with Crippen molar-refractivity contribution in [3.8, 4) is 5.75 Å². The first-order valence-corrected chi connectivity index (χ1v) is 14.9. The number of fused-ring (bicyclic) bond motifs is 2. The Bertz CT molecular complexity index is 1660. The lowest BCUT2D eigenvalue weighted by molar-refractivity contribution is 0.00543. The molecular weight excluding hydrogens is 560 g/mol.